The van der Waals surface area contributed by atoms with Crippen molar-refractivity contribution in [1.29, 1.82) is 0 Å². The number of methoxy groups -OCH3 is 1. The molecule has 1 aromatic carbocycles. The molecule has 1 aliphatic heterocycles. The average molecular weight is 409 g/mol. The molecular formula is C17H17F2N5O3S. The first-order valence-electron chi connectivity index (χ1n) is 8.06. The maximum Gasteiger partial charge on any atom is 0.277 e. The van der Waals surface area contributed by atoms with Gasteiger partial charge in [0.1, 0.15) is 22.6 Å². The summed E-state index contributed by atoms with van der Waals surface area (Å²) in [6.07, 6.45) is 1.21. The number of halogens is 2. The molecule has 2 heterocycles. The van der Waals surface area contributed by atoms with E-state index in [0.717, 1.165) is 12.1 Å². The molecule has 0 fully saturated rings. The first kappa shape index (κ1) is 19.7. The van der Waals surface area contributed by atoms with E-state index < -0.39 is 40.3 Å². The molecule has 2 aromatic rings. The van der Waals surface area contributed by atoms with Crippen LogP contribution in [0.15, 0.2) is 35.5 Å². The Morgan fingerprint density at radius 2 is 2.11 bits per heavy atom. The van der Waals surface area contributed by atoms with Gasteiger partial charge in [-0.15, -0.1) is 0 Å². The van der Waals surface area contributed by atoms with Crippen LogP contribution >= 0.6 is 0 Å². The Kier molecular flexibility index (Phi) is 5.54. The Balaban J connectivity index is 1.86. The van der Waals surface area contributed by atoms with Crippen LogP contribution in [0, 0.1) is 11.6 Å². The molecule has 1 unspecified atom stereocenters. The van der Waals surface area contributed by atoms with Gasteiger partial charge in [-0.05, 0) is 18.2 Å². The molecule has 1 aromatic heterocycles. The normalized spacial score (nSPS) is 19.1. The number of nitrogens with two attached hydrogens (primary N) is 1. The zero-order chi connectivity index (χ0) is 20.4. The SMILES string of the molecule is COc1cnc(C(=O)Nc2ccc(F)c([C@@H]3CS(=O)N(C)C(N)=N3)c2)c(F)c1. The Bertz CT molecular complexity index is 985. The van der Waals surface area contributed by atoms with Crippen molar-refractivity contribution in [2.45, 2.75) is 6.04 Å². The van der Waals surface area contributed by atoms with E-state index in [1.807, 2.05) is 0 Å². The number of rotatable bonds is 4. The lowest BCUT2D eigenvalue weighted by atomic mass is 10.1. The van der Waals surface area contributed by atoms with Crippen molar-refractivity contribution in [2.75, 3.05) is 25.2 Å². The molecule has 0 saturated carbocycles. The van der Waals surface area contributed by atoms with Crippen molar-refractivity contribution < 1.29 is 22.5 Å². The van der Waals surface area contributed by atoms with Gasteiger partial charge in [-0.25, -0.2) is 23.0 Å². The lowest BCUT2D eigenvalue weighted by Crippen LogP contribution is -2.41. The van der Waals surface area contributed by atoms with E-state index in [4.69, 9.17) is 10.5 Å². The maximum absolute atomic E-state index is 14.3. The molecule has 3 N–H and O–H groups in total. The molecule has 8 nitrogen and oxygen atoms in total. The molecule has 1 aliphatic rings. The van der Waals surface area contributed by atoms with Crippen molar-refractivity contribution >= 4 is 28.5 Å². The number of amides is 1. The molecule has 0 spiro atoms. The minimum atomic E-state index is -1.46. The molecule has 0 saturated heterocycles. The van der Waals surface area contributed by atoms with Gasteiger partial charge in [0.15, 0.2) is 11.5 Å². The molecule has 0 bridgehead atoms. The Morgan fingerprint density at radius 3 is 2.75 bits per heavy atom. The van der Waals surface area contributed by atoms with Gasteiger partial charge in [0.2, 0.25) is 5.96 Å². The van der Waals surface area contributed by atoms with Crippen LogP contribution < -0.4 is 15.8 Å². The number of nitrogens with zero attached hydrogens (tertiary/aromatic N) is 3. The average Bonchev–Trinajstić information content (AvgIpc) is 2.66. The predicted molar refractivity (Wildman–Crippen MR) is 100 cm³/mol. The van der Waals surface area contributed by atoms with E-state index in [-0.39, 0.29) is 28.7 Å². The zero-order valence-electron chi connectivity index (χ0n) is 15.0. The van der Waals surface area contributed by atoms with Gasteiger partial charge in [0, 0.05) is 24.4 Å². The van der Waals surface area contributed by atoms with Crippen LogP contribution in [-0.4, -0.2) is 45.3 Å². The quantitative estimate of drug-likeness (QED) is 0.797. The second-order valence-electron chi connectivity index (χ2n) is 5.88. The summed E-state index contributed by atoms with van der Waals surface area (Å²) in [5.74, 6) is -2.03. The van der Waals surface area contributed by atoms with Crippen LogP contribution in [0.3, 0.4) is 0 Å². The molecule has 0 radical (unpaired) electrons. The first-order chi connectivity index (χ1) is 13.3. The smallest absolute Gasteiger partial charge is 0.277 e. The fourth-order valence-electron chi connectivity index (χ4n) is 2.55. The summed E-state index contributed by atoms with van der Waals surface area (Å²) in [4.78, 5) is 20.2. The van der Waals surface area contributed by atoms with E-state index in [9.17, 15) is 17.8 Å². The third-order valence-electron chi connectivity index (χ3n) is 4.10. The number of pyridine rings is 1. The van der Waals surface area contributed by atoms with Crippen molar-refractivity contribution in [3.63, 3.8) is 0 Å². The van der Waals surface area contributed by atoms with Crippen molar-refractivity contribution in [3.05, 3.63) is 53.4 Å². The van der Waals surface area contributed by atoms with Gasteiger partial charge in [-0.2, -0.15) is 0 Å². The lowest BCUT2D eigenvalue weighted by molar-refractivity contribution is 0.101. The summed E-state index contributed by atoms with van der Waals surface area (Å²) >= 11 is 0. The third kappa shape index (κ3) is 3.93. The van der Waals surface area contributed by atoms with Crippen LogP contribution in [0.25, 0.3) is 0 Å². The summed E-state index contributed by atoms with van der Waals surface area (Å²) in [5.41, 5.74) is 5.60. The summed E-state index contributed by atoms with van der Waals surface area (Å²) < 4.78 is 46.5. The minimum Gasteiger partial charge on any atom is -0.495 e. The number of aliphatic imine (C=N–C) groups is 1. The largest absolute Gasteiger partial charge is 0.495 e. The number of aromatic nitrogens is 1. The Hall–Kier alpha value is -3.08. The van der Waals surface area contributed by atoms with Crippen LogP contribution in [0.1, 0.15) is 22.1 Å². The number of hydrogen-bond acceptors (Lipinski definition) is 6. The van der Waals surface area contributed by atoms with Crippen LogP contribution in [0.2, 0.25) is 0 Å². The highest BCUT2D eigenvalue weighted by Gasteiger charge is 2.27. The van der Waals surface area contributed by atoms with Gasteiger partial charge in [-0.3, -0.25) is 9.10 Å². The monoisotopic (exact) mass is 409 g/mol. The van der Waals surface area contributed by atoms with Crippen molar-refractivity contribution in [3.8, 4) is 5.75 Å². The number of carbonyl (C=O) groups excluding carboxylic acids is 1. The highest BCUT2D eigenvalue weighted by atomic mass is 32.2. The summed E-state index contributed by atoms with van der Waals surface area (Å²) in [6.45, 7) is 0. The van der Waals surface area contributed by atoms with Crippen molar-refractivity contribution in [2.24, 2.45) is 10.7 Å². The number of hydrogen-bond donors (Lipinski definition) is 2. The van der Waals surface area contributed by atoms with E-state index in [1.165, 1.54) is 36.8 Å². The zero-order valence-corrected chi connectivity index (χ0v) is 15.8. The number of guanidine groups is 1. The van der Waals surface area contributed by atoms with E-state index in [0.29, 0.717) is 0 Å². The molecular weight excluding hydrogens is 392 g/mol. The van der Waals surface area contributed by atoms with Gasteiger partial charge < -0.3 is 15.8 Å². The van der Waals surface area contributed by atoms with Gasteiger partial charge >= 0.3 is 0 Å². The fourth-order valence-corrected chi connectivity index (χ4v) is 3.56. The minimum absolute atomic E-state index is 0.0212. The molecule has 3 rings (SSSR count). The Morgan fingerprint density at radius 1 is 1.36 bits per heavy atom. The van der Waals surface area contributed by atoms with Crippen molar-refractivity contribution in [1.82, 2.24) is 9.29 Å². The number of benzene rings is 1. The van der Waals surface area contributed by atoms with E-state index in [1.54, 1.807) is 0 Å². The summed E-state index contributed by atoms with van der Waals surface area (Å²) in [6, 6.07) is 4.05. The second kappa shape index (κ2) is 7.89. The highest BCUT2D eigenvalue weighted by Crippen LogP contribution is 2.28. The predicted octanol–water partition coefficient (Wildman–Crippen LogP) is 1.59. The molecule has 0 aliphatic carbocycles. The lowest BCUT2D eigenvalue weighted by Gasteiger charge is -2.26. The molecule has 2 atom stereocenters. The van der Waals surface area contributed by atoms with E-state index >= 15 is 0 Å². The molecule has 11 heteroatoms. The highest BCUT2D eigenvalue weighted by molar-refractivity contribution is 7.83. The Labute approximate surface area is 162 Å². The summed E-state index contributed by atoms with van der Waals surface area (Å²) in [7, 11) is 1.42. The molecule has 148 valence electrons. The third-order valence-corrected chi connectivity index (χ3v) is 5.50. The molecule has 1 amide bonds. The van der Waals surface area contributed by atoms with Gasteiger partial charge in [-0.1, -0.05) is 0 Å². The number of anilines is 1. The maximum atomic E-state index is 14.3. The standard InChI is InChI=1S/C17H17F2N5O3S/c1-24-17(20)23-14(8-28(24)26)11-5-9(3-4-12(11)18)22-16(25)15-13(19)6-10(27-2)7-21-15/h3-7,14H,8H2,1-2H3,(H2,20,23)(H,22,25)/t14-,28?/m0/s1. The van der Waals surface area contributed by atoms with E-state index in [2.05, 4.69) is 15.3 Å². The van der Waals surface area contributed by atoms with Crippen LogP contribution in [-0.2, 0) is 11.0 Å². The van der Waals surface area contributed by atoms with Gasteiger partial charge in [0.25, 0.3) is 5.91 Å². The second-order valence-corrected chi connectivity index (χ2v) is 7.41. The fraction of sp³-hybridized carbons (Fsp3) is 0.235. The summed E-state index contributed by atoms with van der Waals surface area (Å²) in [5, 5.41) is 2.46. The number of ether oxygens (including phenoxy) is 1. The molecule has 28 heavy (non-hydrogen) atoms. The first-order valence-corrected chi connectivity index (χ1v) is 9.33. The number of carbonyl (C=O) groups is 1. The number of nitrogens with one attached hydrogen (secondary N) is 1. The van der Waals surface area contributed by atoms with Crippen LogP contribution in [0.5, 0.6) is 5.75 Å². The van der Waals surface area contributed by atoms with Crippen LogP contribution in [0.4, 0.5) is 14.5 Å². The topological polar surface area (TPSA) is 110 Å². The van der Waals surface area contributed by atoms with Gasteiger partial charge in [0.05, 0.1) is 25.1 Å².